The standard InChI is InChI=1S/C24H20BrN3O4/c1-16(32-22-11-5-9-20(25)13-22)23(29)27-28-24(30)17-8-4-10-21(12-17)31-15-19-7-3-2-6-18(19)14-26/h2-13,16H,15H2,1H3,(H,27,29)(H,28,30). The van der Waals surface area contributed by atoms with E-state index in [2.05, 4.69) is 32.9 Å². The number of nitrogens with one attached hydrogen (secondary N) is 2. The van der Waals surface area contributed by atoms with E-state index in [0.717, 1.165) is 10.0 Å². The van der Waals surface area contributed by atoms with Gasteiger partial charge in [-0.3, -0.25) is 20.4 Å². The molecule has 8 heteroatoms. The summed E-state index contributed by atoms with van der Waals surface area (Å²) in [6.07, 6.45) is -0.820. The minimum absolute atomic E-state index is 0.190. The number of nitrogens with zero attached hydrogens (tertiary/aromatic N) is 1. The lowest BCUT2D eigenvalue weighted by Gasteiger charge is -2.15. The number of nitriles is 1. The van der Waals surface area contributed by atoms with E-state index in [9.17, 15) is 9.59 Å². The number of hydrazine groups is 1. The Kier molecular flexibility index (Phi) is 7.84. The summed E-state index contributed by atoms with van der Waals surface area (Å²) < 4.78 is 12.1. The average Bonchev–Trinajstić information content (AvgIpc) is 2.81. The fraction of sp³-hybridized carbons (Fsp3) is 0.125. The zero-order chi connectivity index (χ0) is 22.9. The molecule has 0 aromatic heterocycles. The normalized spacial score (nSPS) is 11.0. The first-order chi connectivity index (χ1) is 15.5. The van der Waals surface area contributed by atoms with Crippen LogP contribution in [-0.2, 0) is 11.4 Å². The number of ether oxygens (including phenoxy) is 2. The number of halogens is 1. The number of carbonyl (C=O) groups is 2. The molecule has 0 fully saturated rings. The molecule has 1 unspecified atom stereocenters. The van der Waals surface area contributed by atoms with Gasteiger partial charge in [0.15, 0.2) is 6.10 Å². The molecule has 0 spiro atoms. The number of hydrogen-bond donors (Lipinski definition) is 2. The molecule has 3 aromatic carbocycles. The minimum atomic E-state index is -0.820. The summed E-state index contributed by atoms with van der Waals surface area (Å²) in [5.74, 6) is -0.0195. The van der Waals surface area contributed by atoms with Crippen LogP contribution in [0.3, 0.4) is 0 Å². The van der Waals surface area contributed by atoms with E-state index in [1.54, 1.807) is 61.5 Å². The molecule has 0 bridgehead atoms. The van der Waals surface area contributed by atoms with Crippen molar-refractivity contribution in [2.45, 2.75) is 19.6 Å². The van der Waals surface area contributed by atoms with Crippen LogP contribution in [0.4, 0.5) is 0 Å². The molecule has 0 saturated carbocycles. The van der Waals surface area contributed by atoms with Crippen molar-refractivity contribution in [2.24, 2.45) is 0 Å². The van der Waals surface area contributed by atoms with Gasteiger partial charge < -0.3 is 9.47 Å². The van der Waals surface area contributed by atoms with E-state index in [1.807, 2.05) is 18.2 Å². The third-order valence-corrected chi connectivity index (χ3v) is 4.90. The molecule has 1 atom stereocenters. The molecule has 0 saturated heterocycles. The van der Waals surface area contributed by atoms with Crippen LogP contribution in [0.1, 0.15) is 28.4 Å². The van der Waals surface area contributed by atoms with Gasteiger partial charge in [-0.05, 0) is 49.4 Å². The molecular weight excluding hydrogens is 474 g/mol. The maximum absolute atomic E-state index is 12.4. The fourth-order valence-electron chi connectivity index (χ4n) is 2.73. The van der Waals surface area contributed by atoms with E-state index in [-0.39, 0.29) is 6.61 Å². The molecule has 0 aliphatic heterocycles. The predicted octanol–water partition coefficient (Wildman–Crippen LogP) is 4.13. The predicted molar refractivity (Wildman–Crippen MR) is 122 cm³/mol. The summed E-state index contributed by atoms with van der Waals surface area (Å²) in [6, 6.07) is 22.9. The maximum Gasteiger partial charge on any atom is 0.279 e. The molecule has 3 rings (SSSR count). The molecular formula is C24H20BrN3O4. The van der Waals surface area contributed by atoms with Crippen LogP contribution in [0.5, 0.6) is 11.5 Å². The number of amides is 2. The van der Waals surface area contributed by atoms with Gasteiger partial charge in [0.25, 0.3) is 11.8 Å². The lowest BCUT2D eigenvalue weighted by Crippen LogP contribution is -2.47. The van der Waals surface area contributed by atoms with Gasteiger partial charge in [0.1, 0.15) is 18.1 Å². The summed E-state index contributed by atoms with van der Waals surface area (Å²) in [5, 5.41) is 9.17. The Bertz CT molecular complexity index is 1160. The Labute approximate surface area is 194 Å². The van der Waals surface area contributed by atoms with Gasteiger partial charge >= 0.3 is 0 Å². The molecule has 0 heterocycles. The van der Waals surface area contributed by atoms with Gasteiger partial charge in [0.05, 0.1) is 11.6 Å². The molecule has 32 heavy (non-hydrogen) atoms. The van der Waals surface area contributed by atoms with Crippen LogP contribution in [0.2, 0.25) is 0 Å². The van der Waals surface area contributed by atoms with Crippen LogP contribution in [0.25, 0.3) is 0 Å². The third kappa shape index (κ3) is 6.33. The molecule has 0 radical (unpaired) electrons. The Balaban J connectivity index is 1.54. The SMILES string of the molecule is CC(Oc1cccc(Br)c1)C(=O)NNC(=O)c1cccc(OCc2ccccc2C#N)c1. The highest BCUT2D eigenvalue weighted by molar-refractivity contribution is 9.10. The summed E-state index contributed by atoms with van der Waals surface area (Å²) in [4.78, 5) is 24.7. The van der Waals surface area contributed by atoms with Gasteiger partial charge in [0.2, 0.25) is 0 Å². The number of hydrogen-bond acceptors (Lipinski definition) is 5. The van der Waals surface area contributed by atoms with Gasteiger partial charge in [-0.25, -0.2) is 0 Å². The van der Waals surface area contributed by atoms with Crippen molar-refractivity contribution in [3.8, 4) is 17.6 Å². The topological polar surface area (TPSA) is 100 Å². The zero-order valence-corrected chi connectivity index (χ0v) is 18.8. The Hall–Kier alpha value is -3.83. The van der Waals surface area contributed by atoms with Gasteiger partial charge in [-0.2, -0.15) is 5.26 Å². The van der Waals surface area contributed by atoms with Crippen LogP contribution in [0.15, 0.2) is 77.3 Å². The quantitative estimate of drug-likeness (QED) is 0.482. The van der Waals surface area contributed by atoms with E-state index >= 15 is 0 Å². The molecule has 0 aliphatic carbocycles. The van der Waals surface area contributed by atoms with Gasteiger partial charge in [0, 0.05) is 15.6 Å². The maximum atomic E-state index is 12.4. The average molecular weight is 494 g/mol. The van der Waals surface area contributed by atoms with E-state index in [0.29, 0.717) is 22.6 Å². The molecule has 2 N–H and O–H groups in total. The fourth-order valence-corrected chi connectivity index (χ4v) is 3.11. The van der Waals surface area contributed by atoms with Crippen molar-refractivity contribution in [2.75, 3.05) is 0 Å². The second-order valence-electron chi connectivity index (χ2n) is 6.75. The Morgan fingerprint density at radius 1 is 1.00 bits per heavy atom. The lowest BCUT2D eigenvalue weighted by molar-refractivity contribution is -0.128. The Morgan fingerprint density at radius 2 is 1.75 bits per heavy atom. The van der Waals surface area contributed by atoms with Gasteiger partial charge in [-0.15, -0.1) is 0 Å². The highest BCUT2D eigenvalue weighted by Crippen LogP contribution is 2.19. The van der Waals surface area contributed by atoms with E-state index in [4.69, 9.17) is 14.7 Å². The lowest BCUT2D eigenvalue weighted by atomic mass is 10.1. The highest BCUT2D eigenvalue weighted by atomic mass is 79.9. The largest absolute Gasteiger partial charge is 0.489 e. The minimum Gasteiger partial charge on any atom is -0.489 e. The van der Waals surface area contributed by atoms with Crippen LogP contribution < -0.4 is 20.3 Å². The zero-order valence-electron chi connectivity index (χ0n) is 17.2. The molecule has 0 aliphatic rings. The van der Waals surface area contributed by atoms with E-state index in [1.165, 1.54) is 0 Å². The number of rotatable bonds is 7. The van der Waals surface area contributed by atoms with Crippen LogP contribution in [-0.4, -0.2) is 17.9 Å². The first kappa shape index (κ1) is 22.8. The van der Waals surface area contributed by atoms with E-state index < -0.39 is 17.9 Å². The third-order valence-electron chi connectivity index (χ3n) is 4.41. The number of benzene rings is 3. The number of carbonyl (C=O) groups excluding carboxylic acids is 2. The summed E-state index contributed by atoms with van der Waals surface area (Å²) in [7, 11) is 0. The highest BCUT2D eigenvalue weighted by Gasteiger charge is 2.16. The van der Waals surface area contributed by atoms with Crippen molar-refractivity contribution in [1.29, 1.82) is 5.26 Å². The Morgan fingerprint density at radius 3 is 2.53 bits per heavy atom. The molecule has 162 valence electrons. The smallest absolute Gasteiger partial charge is 0.279 e. The summed E-state index contributed by atoms with van der Waals surface area (Å²) in [5.41, 5.74) is 6.31. The van der Waals surface area contributed by atoms with Gasteiger partial charge in [-0.1, -0.05) is 46.3 Å². The first-order valence-electron chi connectivity index (χ1n) is 9.69. The molecule has 2 amide bonds. The van der Waals surface area contributed by atoms with Crippen molar-refractivity contribution in [3.63, 3.8) is 0 Å². The van der Waals surface area contributed by atoms with Crippen molar-refractivity contribution < 1.29 is 19.1 Å². The summed E-state index contributed by atoms with van der Waals surface area (Å²) >= 11 is 3.34. The summed E-state index contributed by atoms with van der Waals surface area (Å²) in [6.45, 7) is 1.77. The van der Waals surface area contributed by atoms with Crippen LogP contribution in [0, 0.1) is 11.3 Å². The van der Waals surface area contributed by atoms with Crippen molar-refractivity contribution >= 4 is 27.7 Å². The monoisotopic (exact) mass is 493 g/mol. The molecule has 7 nitrogen and oxygen atoms in total. The van der Waals surface area contributed by atoms with Crippen LogP contribution >= 0.6 is 15.9 Å². The second-order valence-corrected chi connectivity index (χ2v) is 7.66. The molecule has 3 aromatic rings. The first-order valence-corrected chi connectivity index (χ1v) is 10.5. The van der Waals surface area contributed by atoms with Crippen molar-refractivity contribution in [1.82, 2.24) is 10.9 Å². The second kappa shape index (κ2) is 11.0. The van der Waals surface area contributed by atoms with Crippen molar-refractivity contribution in [3.05, 3.63) is 94.0 Å².